The van der Waals surface area contributed by atoms with Crippen molar-refractivity contribution in [1.29, 1.82) is 0 Å². The van der Waals surface area contributed by atoms with Crippen molar-refractivity contribution in [2.24, 2.45) is 0 Å². The number of alkyl halides is 1. The van der Waals surface area contributed by atoms with E-state index in [1.807, 2.05) is 67.6 Å². The van der Waals surface area contributed by atoms with E-state index in [-0.39, 0.29) is 17.1 Å². The SMILES string of the molecule is C[C@@H](Oc1cccc(NC(=O)NSC(=O)c2sc3ccccc3c2CCl)c1)c1ccccc1. The fraction of sp³-hybridized carbons (Fsp3) is 0.120. The molecule has 0 unspecified atom stereocenters. The number of urea groups is 1. The van der Waals surface area contributed by atoms with E-state index < -0.39 is 6.03 Å². The van der Waals surface area contributed by atoms with Gasteiger partial charge in [-0.1, -0.05) is 54.6 Å². The Morgan fingerprint density at radius 2 is 1.79 bits per heavy atom. The van der Waals surface area contributed by atoms with E-state index in [1.165, 1.54) is 11.3 Å². The van der Waals surface area contributed by atoms with Gasteiger partial charge in [-0.05, 0) is 41.6 Å². The second-order valence-electron chi connectivity index (χ2n) is 7.18. The van der Waals surface area contributed by atoms with Gasteiger partial charge in [0.05, 0.1) is 4.88 Å². The highest BCUT2D eigenvalue weighted by Gasteiger charge is 2.19. The summed E-state index contributed by atoms with van der Waals surface area (Å²) in [6.07, 6.45) is -0.138. The number of hydrogen-bond donors (Lipinski definition) is 2. The lowest BCUT2D eigenvalue weighted by Crippen LogP contribution is -2.24. The minimum Gasteiger partial charge on any atom is -0.486 e. The maximum absolute atomic E-state index is 12.7. The fourth-order valence-electron chi connectivity index (χ4n) is 3.34. The van der Waals surface area contributed by atoms with Gasteiger partial charge in [-0.2, -0.15) is 0 Å². The molecular weight excluding hydrogens is 476 g/mol. The third kappa shape index (κ3) is 5.68. The van der Waals surface area contributed by atoms with E-state index in [9.17, 15) is 9.59 Å². The number of halogens is 1. The highest BCUT2D eigenvalue weighted by molar-refractivity contribution is 8.13. The summed E-state index contributed by atoms with van der Waals surface area (Å²) in [5.74, 6) is 0.858. The van der Waals surface area contributed by atoms with E-state index in [0.717, 1.165) is 33.2 Å². The molecule has 0 radical (unpaired) electrons. The molecule has 33 heavy (non-hydrogen) atoms. The number of thiophene rings is 1. The van der Waals surface area contributed by atoms with Crippen molar-refractivity contribution < 1.29 is 14.3 Å². The lowest BCUT2D eigenvalue weighted by atomic mass is 10.1. The lowest BCUT2D eigenvalue weighted by molar-refractivity contribution is 0.109. The molecule has 0 saturated carbocycles. The Morgan fingerprint density at radius 3 is 2.58 bits per heavy atom. The molecule has 8 heteroatoms. The molecule has 4 aromatic rings. The van der Waals surface area contributed by atoms with E-state index in [2.05, 4.69) is 10.0 Å². The van der Waals surface area contributed by atoms with Crippen molar-refractivity contribution in [1.82, 2.24) is 4.72 Å². The zero-order valence-electron chi connectivity index (χ0n) is 17.7. The smallest absolute Gasteiger partial charge is 0.329 e. The number of nitrogens with one attached hydrogen (secondary N) is 2. The van der Waals surface area contributed by atoms with Crippen LogP contribution >= 0.6 is 34.9 Å². The number of carbonyl (C=O) groups excluding carboxylic acids is 2. The molecule has 3 aromatic carbocycles. The van der Waals surface area contributed by atoms with E-state index in [0.29, 0.717) is 16.3 Å². The van der Waals surface area contributed by atoms with Crippen LogP contribution in [-0.2, 0) is 5.88 Å². The molecule has 0 aliphatic rings. The summed E-state index contributed by atoms with van der Waals surface area (Å²) < 4.78 is 9.53. The largest absolute Gasteiger partial charge is 0.486 e. The van der Waals surface area contributed by atoms with Crippen LogP contribution in [0.4, 0.5) is 10.5 Å². The quantitative estimate of drug-likeness (QED) is 0.216. The summed E-state index contributed by atoms with van der Waals surface area (Å²) in [7, 11) is 0. The number of benzene rings is 3. The molecule has 1 aromatic heterocycles. The number of amides is 2. The third-order valence-corrected chi connectivity index (χ3v) is 7.21. The minimum atomic E-state index is -0.504. The molecule has 168 valence electrons. The van der Waals surface area contributed by atoms with Crippen molar-refractivity contribution in [3.63, 3.8) is 0 Å². The van der Waals surface area contributed by atoms with Crippen LogP contribution < -0.4 is 14.8 Å². The molecule has 2 N–H and O–H groups in total. The van der Waals surface area contributed by atoms with Gasteiger partial charge in [-0.15, -0.1) is 22.9 Å². The van der Waals surface area contributed by atoms with Crippen molar-refractivity contribution in [2.75, 3.05) is 5.32 Å². The summed E-state index contributed by atoms with van der Waals surface area (Å²) in [6, 6.07) is 24.2. The lowest BCUT2D eigenvalue weighted by Gasteiger charge is -2.16. The Morgan fingerprint density at radius 1 is 1.03 bits per heavy atom. The second-order valence-corrected chi connectivity index (χ2v) is 9.28. The highest BCUT2D eigenvalue weighted by atomic mass is 35.5. The first-order chi connectivity index (χ1) is 16.0. The zero-order valence-corrected chi connectivity index (χ0v) is 20.1. The van der Waals surface area contributed by atoms with Crippen LogP contribution in [-0.4, -0.2) is 11.1 Å². The minimum absolute atomic E-state index is 0.138. The molecule has 2 amide bonds. The summed E-state index contributed by atoms with van der Waals surface area (Å²) >= 11 is 8.20. The van der Waals surface area contributed by atoms with E-state index in [1.54, 1.807) is 18.2 Å². The monoisotopic (exact) mass is 496 g/mol. The molecule has 0 fully saturated rings. The van der Waals surface area contributed by atoms with Gasteiger partial charge < -0.3 is 10.1 Å². The third-order valence-electron chi connectivity index (χ3n) is 4.93. The van der Waals surface area contributed by atoms with Gasteiger partial charge in [0.25, 0.3) is 0 Å². The molecular formula is C25H21ClN2O3S2. The van der Waals surface area contributed by atoms with Gasteiger partial charge in [0.15, 0.2) is 0 Å². The molecule has 5 nitrogen and oxygen atoms in total. The maximum Gasteiger partial charge on any atom is 0.329 e. The standard InChI is InChI=1S/C25H21ClN2O3S2/c1-16(17-8-3-2-4-9-17)31-19-11-7-10-18(14-19)27-25(30)28-33-24(29)23-21(15-26)20-12-5-6-13-22(20)32-23/h2-14,16H,15H2,1H3,(H2,27,28,30)/t16-/m1/s1. The van der Waals surface area contributed by atoms with Crippen LogP contribution in [0, 0.1) is 0 Å². The first-order valence-corrected chi connectivity index (χ1v) is 12.4. The fourth-order valence-corrected chi connectivity index (χ4v) is 5.45. The van der Waals surface area contributed by atoms with Gasteiger partial charge in [-0.25, -0.2) is 4.79 Å². The summed E-state index contributed by atoms with van der Waals surface area (Å²) in [5.41, 5.74) is 2.40. The van der Waals surface area contributed by atoms with E-state index >= 15 is 0 Å². The molecule has 1 heterocycles. The van der Waals surface area contributed by atoms with Crippen molar-refractivity contribution in [3.05, 3.63) is 94.9 Å². The van der Waals surface area contributed by atoms with Gasteiger partial charge in [0.2, 0.25) is 5.12 Å². The Balaban J connectivity index is 1.36. The number of fused-ring (bicyclic) bond motifs is 1. The first kappa shape index (κ1) is 23.2. The summed E-state index contributed by atoms with van der Waals surface area (Å²) in [5, 5.41) is 3.44. The Labute approximate surface area is 205 Å². The predicted molar refractivity (Wildman–Crippen MR) is 137 cm³/mol. The van der Waals surface area contributed by atoms with Gasteiger partial charge in [-0.3, -0.25) is 9.52 Å². The molecule has 0 saturated heterocycles. The number of rotatable bonds is 6. The molecule has 4 rings (SSSR count). The van der Waals surface area contributed by atoms with Crippen LogP contribution in [0.2, 0.25) is 0 Å². The van der Waals surface area contributed by atoms with Gasteiger partial charge >= 0.3 is 6.03 Å². The second kappa shape index (κ2) is 10.7. The van der Waals surface area contributed by atoms with Crippen LogP contribution in [0.3, 0.4) is 0 Å². The molecule has 0 bridgehead atoms. The number of hydrogen-bond acceptors (Lipinski definition) is 5. The number of anilines is 1. The average molecular weight is 497 g/mol. The Bertz CT molecular complexity index is 1280. The molecule has 0 spiro atoms. The average Bonchev–Trinajstić information content (AvgIpc) is 3.22. The van der Waals surface area contributed by atoms with Gasteiger partial charge in [0.1, 0.15) is 11.9 Å². The van der Waals surface area contributed by atoms with Crippen LogP contribution in [0.1, 0.15) is 33.8 Å². The maximum atomic E-state index is 12.7. The van der Waals surface area contributed by atoms with Gasteiger partial charge in [0, 0.05) is 34.3 Å². The van der Waals surface area contributed by atoms with E-state index in [4.69, 9.17) is 16.3 Å². The van der Waals surface area contributed by atoms with Crippen molar-refractivity contribution in [3.8, 4) is 5.75 Å². The summed E-state index contributed by atoms with van der Waals surface area (Å²) in [6.45, 7) is 1.97. The molecule has 1 atom stereocenters. The zero-order chi connectivity index (χ0) is 23.2. The predicted octanol–water partition coefficient (Wildman–Crippen LogP) is 7.39. The summed E-state index contributed by atoms with van der Waals surface area (Å²) in [4.78, 5) is 25.6. The number of carbonyl (C=O) groups is 2. The first-order valence-electron chi connectivity index (χ1n) is 10.2. The topological polar surface area (TPSA) is 67.4 Å². The Hall–Kier alpha value is -3.00. The normalized spacial score (nSPS) is 11.7. The highest BCUT2D eigenvalue weighted by Crippen LogP contribution is 2.34. The number of ether oxygens (including phenoxy) is 1. The Kier molecular flexibility index (Phi) is 7.54. The molecule has 0 aliphatic heterocycles. The van der Waals surface area contributed by atoms with Crippen molar-refractivity contribution in [2.45, 2.75) is 18.9 Å². The van der Waals surface area contributed by atoms with Crippen LogP contribution in [0.25, 0.3) is 10.1 Å². The van der Waals surface area contributed by atoms with Crippen LogP contribution in [0.15, 0.2) is 78.9 Å². The van der Waals surface area contributed by atoms with Crippen molar-refractivity contribution >= 4 is 61.8 Å². The molecule has 0 aliphatic carbocycles. The van der Waals surface area contributed by atoms with Crippen LogP contribution in [0.5, 0.6) is 5.75 Å².